The van der Waals surface area contributed by atoms with Crippen LogP contribution in [-0.4, -0.2) is 18.2 Å². The number of halogens is 1. The van der Waals surface area contributed by atoms with Gasteiger partial charge in [0.2, 0.25) is 0 Å². The molecule has 1 atom stereocenters. The van der Waals surface area contributed by atoms with Crippen LogP contribution in [0.4, 0.5) is 4.39 Å². The number of hydrogen-bond donors (Lipinski definition) is 0. The molecule has 1 unspecified atom stereocenters. The molecule has 124 valence electrons. The molecule has 0 heterocycles. The van der Waals surface area contributed by atoms with Crippen LogP contribution in [0.15, 0.2) is 24.3 Å². The SMILES string of the molecule is CC(C)(C)OC(=O)CC(COc1ccc(F)cc1)C(C)(C)C. The first-order chi connectivity index (χ1) is 9.97. The molecular formula is C18H27FO3. The van der Waals surface area contributed by atoms with E-state index in [9.17, 15) is 9.18 Å². The number of carbonyl (C=O) groups excluding carboxylic acids is 1. The Hall–Kier alpha value is -1.58. The number of hydrogen-bond acceptors (Lipinski definition) is 3. The molecule has 22 heavy (non-hydrogen) atoms. The molecule has 1 rings (SSSR count). The van der Waals surface area contributed by atoms with Gasteiger partial charge in [-0.3, -0.25) is 4.79 Å². The number of ether oxygens (including phenoxy) is 2. The lowest BCUT2D eigenvalue weighted by molar-refractivity contribution is -0.157. The second-order valence-electron chi connectivity index (χ2n) is 7.62. The normalized spacial score (nSPS) is 13.6. The first-order valence-corrected chi connectivity index (χ1v) is 7.57. The fourth-order valence-corrected chi connectivity index (χ4v) is 1.93. The van der Waals surface area contributed by atoms with Crippen LogP contribution in [0.3, 0.4) is 0 Å². The minimum Gasteiger partial charge on any atom is -0.493 e. The van der Waals surface area contributed by atoms with E-state index in [2.05, 4.69) is 20.8 Å². The standard InChI is InChI=1S/C18H27FO3/c1-17(2,3)13(11-16(20)22-18(4,5)6)12-21-15-9-7-14(19)8-10-15/h7-10,13H,11-12H2,1-6H3. The molecule has 0 aliphatic rings. The van der Waals surface area contributed by atoms with Gasteiger partial charge in [-0.1, -0.05) is 20.8 Å². The van der Waals surface area contributed by atoms with Crippen molar-refractivity contribution in [3.8, 4) is 5.75 Å². The van der Waals surface area contributed by atoms with Crippen LogP contribution in [-0.2, 0) is 9.53 Å². The quantitative estimate of drug-likeness (QED) is 0.746. The molecule has 1 aromatic rings. The van der Waals surface area contributed by atoms with E-state index in [1.807, 2.05) is 20.8 Å². The predicted molar refractivity (Wildman–Crippen MR) is 85.3 cm³/mol. The second kappa shape index (κ2) is 7.12. The zero-order valence-corrected chi connectivity index (χ0v) is 14.4. The van der Waals surface area contributed by atoms with E-state index in [1.165, 1.54) is 12.1 Å². The molecule has 1 aromatic carbocycles. The largest absolute Gasteiger partial charge is 0.493 e. The molecule has 0 bridgehead atoms. The fraction of sp³-hybridized carbons (Fsp3) is 0.611. The van der Waals surface area contributed by atoms with Crippen LogP contribution in [0, 0.1) is 17.2 Å². The highest BCUT2D eigenvalue weighted by molar-refractivity contribution is 5.70. The third-order valence-electron chi connectivity index (χ3n) is 3.32. The Morgan fingerprint density at radius 2 is 1.64 bits per heavy atom. The number of rotatable bonds is 5. The van der Waals surface area contributed by atoms with E-state index in [1.54, 1.807) is 12.1 Å². The maximum atomic E-state index is 12.9. The van der Waals surface area contributed by atoms with Crippen molar-refractivity contribution in [2.24, 2.45) is 11.3 Å². The fourth-order valence-electron chi connectivity index (χ4n) is 1.93. The predicted octanol–water partition coefficient (Wildman–Crippen LogP) is 4.60. The topological polar surface area (TPSA) is 35.5 Å². The molecule has 0 radical (unpaired) electrons. The van der Waals surface area contributed by atoms with Gasteiger partial charge in [-0.2, -0.15) is 0 Å². The van der Waals surface area contributed by atoms with Crippen LogP contribution < -0.4 is 4.74 Å². The Morgan fingerprint density at radius 3 is 2.09 bits per heavy atom. The number of benzene rings is 1. The maximum Gasteiger partial charge on any atom is 0.306 e. The summed E-state index contributed by atoms with van der Waals surface area (Å²) in [6, 6.07) is 5.88. The van der Waals surface area contributed by atoms with Gasteiger partial charge in [0.15, 0.2) is 0 Å². The first kappa shape index (κ1) is 18.5. The van der Waals surface area contributed by atoms with Crippen molar-refractivity contribution in [3.63, 3.8) is 0 Å². The van der Waals surface area contributed by atoms with Crippen molar-refractivity contribution in [2.75, 3.05) is 6.61 Å². The molecule has 4 heteroatoms. The third-order valence-corrected chi connectivity index (χ3v) is 3.32. The lowest BCUT2D eigenvalue weighted by Crippen LogP contribution is -2.32. The van der Waals surface area contributed by atoms with E-state index >= 15 is 0 Å². The second-order valence-corrected chi connectivity index (χ2v) is 7.62. The molecule has 0 aliphatic carbocycles. The minimum atomic E-state index is -0.489. The summed E-state index contributed by atoms with van der Waals surface area (Å²) in [4.78, 5) is 12.0. The highest BCUT2D eigenvalue weighted by Gasteiger charge is 2.29. The van der Waals surface area contributed by atoms with E-state index in [0.29, 0.717) is 18.8 Å². The minimum absolute atomic E-state index is 0.00685. The average Bonchev–Trinajstić information content (AvgIpc) is 2.32. The molecule has 0 N–H and O–H groups in total. The van der Waals surface area contributed by atoms with Crippen LogP contribution in [0.2, 0.25) is 0 Å². The lowest BCUT2D eigenvalue weighted by atomic mass is 9.79. The van der Waals surface area contributed by atoms with Gasteiger partial charge in [0.05, 0.1) is 13.0 Å². The monoisotopic (exact) mass is 310 g/mol. The smallest absolute Gasteiger partial charge is 0.306 e. The van der Waals surface area contributed by atoms with Crippen molar-refractivity contribution in [1.29, 1.82) is 0 Å². The van der Waals surface area contributed by atoms with Gasteiger partial charge in [0, 0.05) is 5.92 Å². The van der Waals surface area contributed by atoms with Gasteiger partial charge in [-0.05, 0) is 50.5 Å². The summed E-state index contributed by atoms with van der Waals surface area (Å²) in [5.41, 5.74) is -0.589. The summed E-state index contributed by atoms with van der Waals surface area (Å²) in [5.74, 6) is 0.0795. The highest BCUT2D eigenvalue weighted by atomic mass is 19.1. The summed E-state index contributed by atoms with van der Waals surface area (Å²) in [7, 11) is 0. The van der Waals surface area contributed by atoms with E-state index in [-0.39, 0.29) is 23.1 Å². The Morgan fingerprint density at radius 1 is 1.09 bits per heavy atom. The van der Waals surface area contributed by atoms with Crippen LogP contribution in [0.1, 0.15) is 48.0 Å². The van der Waals surface area contributed by atoms with Crippen molar-refractivity contribution in [2.45, 2.75) is 53.6 Å². The van der Waals surface area contributed by atoms with Crippen molar-refractivity contribution in [1.82, 2.24) is 0 Å². The average molecular weight is 310 g/mol. The van der Waals surface area contributed by atoms with E-state index < -0.39 is 5.60 Å². The number of carbonyl (C=O) groups is 1. The first-order valence-electron chi connectivity index (χ1n) is 7.57. The molecule has 0 spiro atoms. The lowest BCUT2D eigenvalue weighted by Gasteiger charge is -2.31. The van der Waals surface area contributed by atoms with Gasteiger partial charge in [0.25, 0.3) is 0 Å². The van der Waals surface area contributed by atoms with Crippen LogP contribution in [0.5, 0.6) is 5.75 Å². The van der Waals surface area contributed by atoms with Crippen LogP contribution >= 0.6 is 0 Å². The van der Waals surface area contributed by atoms with Gasteiger partial charge >= 0.3 is 5.97 Å². The molecular weight excluding hydrogens is 283 g/mol. The summed E-state index contributed by atoms with van der Waals surface area (Å²) in [6.07, 6.45) is 0.294. The zero-order chi connectivity index (χ0) is 17.0. The van der Waals surface area contributed by atoms with Crippen molar-refractivity contribution >= 4 is 5.97 Å². The summed E-state index contributed by atoms with van der Waals surface area (Å²) < 4.78 is 24.0. The van der Waals surface area contributed by atoms with Gasteiger partial charge in [0.1, 0.15) is 17.2 Å². The molecule has 0 fully saturated rings. The molecule has 3 nitrogen and oxygen atoms in total. The van der Waals surface area contributed by atoms with Gasteiger partial charge < -0.3 is 9.47 Å². The van der Waals surface area contributed by atoms with Crippen molar-refractivity contribution in [3.05, 3.63) is 30.1 Å². The van der Waals surface area contributed by atoms with Crippen LogP contribution in [0.25, 0.3) is 0 Å². The zero-order valence-electron chi connectivity index (χ0n) is 14.4. The Labute approximate surface area is 132 Å². The molecule has 0 saturated heterocycles. The Balaban J connectivity index is 2.65. The maximum absolute atomic E-state index is 12.9. The summed E-state index contributed by atoms with van der Waals surface area (Å²) >= 11 is 0. The number of esters is 1. The molecule has 0 saturated carbocycles. The summed E-state index contributed by atoms with van der Waals surface area (Å²) in [6.45, 7) is 12.1. The Bertz CT molecular complexity index is 481. The molecule has 0 amide bonds. The highest BCUT2D eigenvalue weighted by Crippen LogP contribution is 2.30. The Kier molecular flexibility index (Phi) is 5.98. The molecule has 0 aromatic heterocycles. The molecule has 0 aliphatic heterocycles. The summed E-state index contributed by atoms with van der Waals surface area (Å²) in [5, 5.41) is 0. The third kappa shape index (κ3) is 6.92. The van der Waals surface area contributed by atoms with E-state index in [4.69, 9.17) is 9.47 Å². The van der Waals surface area contributed by atoms with Gasteiger partial charge in [-0.15, -0.1) is 0 Å². The van der Waals surface area contributed by atoms with E-state index in [0.717, 1.165) is 0 Å². The van der Waals surface area contributed by atoms with Crippen molar-refractivity contribution < 1.29 is 18.7 Å². The van der Waals surface area contributed by atoms with Gasteiger partial charge in [-0.25, -0.2) is 4.39 Å².